The average Bonchev–Trinajstić information content (AvgIpc) is 2.29. The topological polar surface area (TPSA) is 43.4 Å². The second-order valence-corrected chi connectivity index (χ2v) is 2.14. The number of carbonyl (C=O) groups excluding carboxylic acids is 2. The summed E-state index contributed by atoms with van der Waals surface area (Å²) in [5, 5.41) is 0. The van der Waals surface area contributed by atoms with Crippen LogP contribution >= 0.6 is 0 Å². The van der Waals surface area contributed by atoms with E-state index in [2.05, 4.69) is 4.74 Å². The van der Waals surface area contributed by atoms with Crippen molar-refractivity contribution in [3.05, 3.63) is 35.4 Å². The van der Waals surface area contributed by atoms with Crippen molar-refractivity contribution in [2.75, 3.05) is 0 Å². The molecule has 0 spiro atoms. The molecule has 11 heavy (non-hydrogen) atoms. The van der Waals surface area contributed by atoms with Crippen LogP contribution in [0.1, 0.15) is 22.1 Å². The molecule has 3 heteroatoms. The SMILES string of the molecule is [2H]c1cccc2c1C(=O)OC2=O. The summed E-state index contributed by atoms with van der Waals surface area (Å²) in [5.41, 5.74) is 0.259. The van der Waals surface area contributed by atoms with E-state index in [1.54, 1.807) is 6.07 Å². The second kappa shape index (κ2) is 1.92. The molecule has 0 unspecified atom stereocenters. The van der Waals surface area contributed by atoms with Gasteiger partial charge in [-0.1, -0.05) is 12.1 Å². The first-order valence-electron chi connectivity index (χ1n) is 3.56. The summed E-state index contributed by atoms with van der Waals surface area (Å²) >= 11 is 0. The number of hydrogen-bond donors (Lipinski definition) is 0. The maximum atomic E-state index is 10.9. The molecule has 1 aliphatic heterocycles. The highest BCUT2D eigenvalue weighted by Crippen LogP contribution is 2.18. The highest BCUT2D eigenvalue weighted by atomic mass is 16.6. The summed E-state index contributed by atoms with van der Waals surface area (Å²) in [6.45, 7) is 0. The lowest BCUT2D eigenvalue weighted by Crippen LogP contribution is -1.96. The Balaban J connectivity index is 2.75. The van der Waals surface area contributed by atoms with Crippen LogP contribution in [-0.4, -0.2) is 11.9 Å². The van der Waals surface area contributed by atoms with E-state index in [0.29, 0.717) is 0 Å². The van der Waals surface area contributed by atoms with Crippen LogP contribution in [0, 0.1) is 0 Å². The number of esters is 2. The number of cyclic esters (lactones) is 2. The van der Waals surface area contributed by atoms with Crippen molar-refractivity contribution < 1.29 is 15.7 Å². The average molecular weight is 149 g/mol. The molecule has 54 valence electrons. The third-order valence-corrected chi connectivity index (χ3v) is 1.47. The first kappa shape index (κ1) is 5.07. The van der Waals surface area contributed by atoms with Crippen LogP contribution in [0.3, 0.4) is 0 Å². The van der Waals surface area contributed by atoms with Crippen LogP contribution in [-0.2, 0) is 4.74 Å². The van der Waals surface area contributed by atoms with Crippen molar-refractivity contribution in [2.45, 2.75) is 0 Å². The van der Waals surface area contributed by atoms with Gasteiger partial charge in [-0.3, -0.25) is 0 Å². The summed E-state index contributed by atoms with van der Waals surface area (Å²) < 4.78 is 11.6. The van der Waals surface area contributed by atoms with Gasteiger partial charge in [-0.05, 0) is 12.1 Å². The van der Waals surface area contributed by atoms with Gasteiger partial charge < -0.3 is 4.74 Å². The van der Waals surface area contributed by atoms with Gasteiger partial charge in [0, 0.05) is 0 Å². The first-order chi connectivity index (χ1) is 5.70. The Bertz CT molecular complexity index is 384. The molecule has 1 aromatic rings. The van der Waals surface area contributed by atoms with E-state index >= 15 is 0 Å². The molecule has 0 fully saturated rings. The minimum atomic E-state index is -0.722. The van der Waals surface area contributed by atoms with E-state index in [4.69, 9.17) is 1.37 Å². The molecule has 1 heterocycles. The zero-order chi connectivity index (χ0) is 8.72. The molecule has 0 N–H and O–H groups in total. The minimum Gasteiger partial charge on any atom is -0.386 e. The molecule has 0 amide bonds. The van der Waals surface area contributed by atoms with Gasteiger partial charge in [0.15, 0.2) is 0 Å². The summed E-state index contributed by atoms with van der Waals surface area (Å²) in [7, 11) is 0. The Kier molecular flexibility index (Phi) is 0.885. The number of benzene rings is 1. The lowest BCUT2D eigenvalue weighted by molar-refractivity contribution is 0.0444. The normalized spacial score (nSPS) is 15.8. The predicted octanol–water partition coefficient (Wildman–Crippen LogP) is 0.997. The molecule has 0 aliphatic carbocycles. The van der Waals surface area contributed by atoms with Gasteiger partial charge in [-0.2, -0.15) is 0 Å². The van der Waals surface area contributed by atoms with Gasteiger partial charge in [-0.15, -0.1) is 0 Å². The van der Waals surface area contributed by atoms with Crippen LogP contribution < -0.4 is 0 Å². The van der Waals surface area contributed by atoms with Crippen LogP contribution in [0.25, 0.3) is 0 Å². The Hall–Kier alpha value is -1.64. The molecule has 1 aliphatic rings. The van der Waals surface area contributed by atoms with E-state index in [1.165, 1.54) is 12.1 Å². The monoisotopic (exact) mass is 149 g/mol. The van der Waals surface area contributed by atoms with Crippen LogP contribution in [0.15, 0.2) is 24.2 Å². The van der Waals surface area contributed by atoms with Crippen molar-refractivity contribution in [2.24, 2.45) is 0 Å². The zero-order valence-corrected chi connectivity index (χ0v) is 5.46. The van der Waals surface area contributed by atoms with Gasteiger partial charge in [-0.25, -0.2) is 9.59 Å². The lowest BCUT2D eigenvalue weighted by atomic mass is 10.1. The van der Waals surface area contributed by atoms with Crippen molar-refractivity contribution in [1.82, 2.24) is 0 Å². The van der Waals surface area contributed by atoms with Gasteiger partial charge >= 0.3 is 11.9 Å². The molecule has 0 aromatic heterocycles. The second-order valence-electron chi connectivity index (χ2n) is 2.14. The van der Waals surface area contributed by atoms with Crippen LogP contribution in [0.2, 0.25) is 0 Å². The van der Waals surface area contributed by atoms with E-state index in [-0.39, 0.29) is 17.2 Å². The third-order valence-electron chi connectivity index (χ3n) is 1.47. The summed E-state index contributed by atoms with van der Waals surface area (Å²) in [4.78, 5) is 21.8. The predicted molar refractivity (Wildman–Crippen MR) is 36.2 cm³/mol. The first-order valence-corrected chi connectivity index (χ1v) is 3.06. The molecule has 0 saturated carbocycles. The number of hydrogen-bond acceptors (Lipinski definition) is 3. The lowest BCUT2D eigenvalue weighted by Gasteiger charge is -1.86. The van der Waals surface area contributed by atoms with Crippen molar-refractivity contribution >= 4 is 11.9 Å². The van der Waals surface area contributed by atoms with Crippen LogP contribution in [0.5, 0.6) is 0 Å². The van der Waals surface area contributed by atoms with Gasteiger partial charge in [0.25, 0.3) is 0 Å². The van der Waals surface area contributed by atoms with E-state index in [9.17, 15) is 9.59 Å². The number of fused-ring (bicyclic) bond motifs is 1. The Morgan fingerprint density at radius 3 is 2.64 bits per heavy atom. The highest BCUT2D eigenvalue weighted by Gasteiger charge is 2.28. The Morgan fingerprint density at radius 1 is 1.18 bits per heavy atom. The fraction of sp³-hybridized carbons (Fsp3) is 0. The molecular formula is C8H4O3. The van der Waals surface area contributed by atoms with Crippen molar-refractivity contribution in [1.29, 1.82) is 0 Å². The molecule has 3 nitrogen and oxygen atoms in total. The number of rotatable bonds is 0. The molecular weight excluding hydrogens is 144 g/mol. The molecule has 2 rings (SSSR count). The maximum absolute atomic E-state index is 10.9. The minimum absolute atomic E-state index is 0.0309. The Labute approximate surface area is 64.0 Å². The number of carbonyl (C=O) groups is 2. The molecule has 0 bridgehead atoms. The fourth-order valence-corrected chi connectivity index (χ4v) is 0.966. The zero-order valence-electron chi connectivity index (χ0n) is 6.46. The Morgan fingerprint density at radius 2 is 1.91 bits per heavy atom. The van der Waals surface area contributed by atoms with Crippen LogP contribution in [0.4, 0.5) is 0 Å². The molecule has 0 atom stereocenters. The summed E-state index contributed by atoms with van der Waals surface area (Å²) in [6.07, 6.45) is 0. The largest absolute Gasteiger partial charge is 0.386 e. The van der Waals surface area contributed by atoms with Crippen molar-refractivity contribution in [3.8, 4) is 0 Å². The number of ether oxygens (including phenoxy) is 1. The maximum Gasteiger partial charge on any atom is 0.346 e. The fourth-order valence-electron chi connectivity index (χ4n) is 0.966. The van der Waals surface area contributed by atoms with Gasteiger partial charge in [0.2, 0.25) is 0 Å². The molecule has 0 radical (unpaired) electrons. The summed E-state index contributed by atoms with van der Waals surface area (Å²) in [6, 6.07) is 4.49. The third kappa shape index (κ3) is 0.741. The van der Waals surface area contributed by atoms with E-state index in [1.807, 2.05) is 0 Å². The molecule has 0 saturated heterocycles. The van der Waals surface area contributed by atoms with Gasteiger partial charge in [0.05, 0.1) is 12.5 Å². The van der Waals surface area contributed by atoms with E-state index in [0.717, 1.165) is 0 Å². The van der Waals surface area contributed by atoms with Gasteiger partial charge in [0.1, 0.15) is 0 Å². The highest BCUT2D eigenvalue weighted by molar-refractivity contribution is 6.14. The summed E-state index contributed by atoms with van der Waals surface area (Å²) in [5.74, 6) is -1.38. The van der Waals surface area contributed by atoms with E-state index < -0.39 is 11.9 Å². The smallest absolute Gasteiger partial charge is 0.346 e. The standard InChI is InChI=1S/C8H4O3/c9-7-5-3-1-2-4-6(5)8(10)11-7/h1-4H/i3D. The van der Waals surface area contributed by atoms with Crippen molar-refractivity contribution in [3.63, 3.8) is 0 Å². The quantitative estimate of drug-likeness (QED) is 0.408. The molecule has 1 aromatic carbocycles.